The first kappa shape index (κ1) is 19.6. The highest BCUT2D eigenvalue weighted by atomic mass is 19.3. The van der Waals surface area contributed by atoms with E-state index in [-0.39, 0.29) is 17.9 Å². The molecule has 0 saturated carbocycles. The molecule has 0 unspecified atom stereocenters. The molecule has 1 amide bonds. The minimum absolute atomic E-state index is 0.105. The van der Waals surface area contributed by atoms with Gasteiger partial charge < -0.3 is 11.1 Å². The number of rotatable bonds is 2. The molecule has 152 valence electrons. The molecule has 0 radical (unpaired) electrons. The molecule has 1 aliphatic rings. The fourth-order valence-electron chi connectivity index (χ4n) is 3.27. The fraction of sp³-hybridized carbons (Fsp3) is 0.227. The number of nitrogens with two attached hydrogens (primary N) is 1. The zero-order valence-corrected chi connectivity index (χ0v) is 16.2. The van der Waals surface area contributed by atoms with E-state index in [9.17, 15) is 13.6 Å². The number of aryl methyl sites for hydroxylation is 2. The van der Waals surface area contributed by atoms with Gasteiger partial charge in [-0.3, -0.25) is 9.48 Å². The lowest BCUT2D eigenvalue weighted by atomic mass is 10.0. The number of nitrogen functional groups attached to an aromatic ring is 1. The van der Waals surface area contributed by atoms with E-state index in [0.29, 0.717) is 35.5 Å². The van der Waals surface area contributed by atoms with E-state index in [1.165, 1.54) is 10.7 Å². The molecule has 8 heteroatoms. The van der Waals surface area contributed by atoms with Gasteiger partial charge in [0.1, 0.15) is 11.5 Å². The van der Waals surface area contributed by atoms with E-state index in [4.69, 9.17) is 5.73 Å². The van der Waals surface area contributed by atoms with Crippen LogP contribution in [0.15, 0.2) is 42.6 Å². The molecule has 0 aliphatic carbocycles. The summed E-state index contributed by atoms with van der Waals surface area (Å²) in [6.45, 7) is 2.28. The van der Waals surface area contributed by atoms with Gasteiger partial charge in [0.15, 0.2) is 5.82 Å². The summed E-state index contributed by atoms with van der Waals surface area (Å²) < 4.78 is 29.3. The van der Waals surface area contributed by atoms with Crippen molar-refractivity contribution in [3.63, 3.8) is 0 Å². The normalized spacial score (nSPS) is 14.4. The van der Waals surface area contributed by atoms with Crippen molar-refractivity contribution in [1.29, 1.82) is 0 Å². The lowest BCUT2D eigenvalue weighted by molar-refractivity contribution is -0.0364. The minimum atomic E-state index is -2.94. The molecule has 0 bridgehead atoms. The molecular weight excluding hydrogens is 388 g/mol. The van der Waals surface area contributed by atoms with E-state index in [1.54, 1.807) is 36.5 Å². The van der Waals surface area contributed by atoms with Crippen molar-refractivity contribution in [2.75, 3.05) is 11.1 Å². The van der Waals surface area contributed by atoms with Crippen molar-refractivity contribution in [1.82, 2.24) is 14.8 Å². The smallest absolute Gasteiger partial charge is 0.289 e. The molecule has 0 atom stereocenters. The Hall–Kier alpha value is -3.73. The predicted molar refractivity (Wildman–Crippen MR) is 109 cm³/mol. The Bertz CT molecular complexity index is 1190. The molecule has 0 saturated heterocycles. The summed E-state index contributed by atoms with van der Waals surface area (Å²) in [4.78, 5) is 16.6. The third-order valence-electron chi connectivity index (χ3n) is 4.93. The lowest BCUT2D eigenvalue weighted by Crippen LogP contribution is -2.25. The monoisotopic (exact) mass is 407 g/mol. The second-order valence-electron chi connectivity index (χ2n) is 7.12. The zero-order chi connectivity index (χ0) is 21.3. The van der Waals surface area contributed by atoms with Gasteiger partial charge >= 0.3 is 0 Å². The second-order valence-corrected chi connectivity index (χ2v) is 7.12. The van der Waals surface area contributed by atoms with Gasteiger partial charge in [0, 0.05) is 36.4 Å². The van der Waals surface area contributed by atoms with Gasteiger partial charge in [-0.2, -0.15) is 13.9 Å². The zero-order valence-electron chi connectivity index (χ0n) is 16.2. The number of carbonyl (C=O) groups excluding carboxylic acids is 1. The molecular formula is C22H19F2N5O. The van der Waals surface area contributed by atoms with Crippen molar-refractivity contribution in [3.05, 3.63) is 70.5 Å². The van der Waals surface area contributed by atoms with Crippen molar-refractivity contribution >= 4 is 17.5 Å². The van der Waals surface area contributed by atoms with Crippen molar-refractivity contribution in [3.8, 4) is 11.8 Å². The number of carbonyl (C=O) groups is 1. The Kier molecular flexibility index (Phi) is 4.96. The van der Waals surface area contributed by atoms with Gasteiger partial charge in [-0.05, 0) is 43.2 Å². The molecule has 0 spiro atoms. The SMILES string of the molecule is Cc1ccc(C(=O)Nc2cc3n(n2)CCCC3(F)F)cc1C#Cc1cccnc1N. The number of pyridine rings is 1. The Morgan fingerprint density at radius 3 is 2.80 bits per heavy atom. The van der Waals surface area contributed by atoms with Crippen molar-refractivity contribution < 1.29 is 13.6 Å². The number of alkyl halides is 2. The molecule has 6 nitrogen and oxygen atoms in total. The lowest BCUT2D eigenvalue weighted by Gasteiger charge is -2.22. The maximum absolute atomic E-state index is 14.0. The average Bonchev–Trinajstić information content (AvgIpc) is 3.12. The quantitative estimate of drug-likeness (QED) is 0.634. The number of nitrogens with one attached hydrogen (secondary N) is 1. The van der Waals surface area contributed by atoms with E-state index in [1.807, 2.05) is 6.92 Å². The number of aromatic nitrogens is 3. The van der Waals surface area contributed by atoms with E-state index in [0.717, 1.165) is 5.56 Å². The number of amides is 1. The molecule has 2 aromatic heterocycles. The van der Waals surface area contributed by atoms with Crippen LogP contribution in [0.5, 0.6) is 0 Å². The molecule has 4 rings (SSSR count). The summed E-state index contributed by atoms with van der Waals surface area (Å²) >= 11 is 0. The highest BCUT2D eigenvalue weighted by Crippen LogP contribution is 2.37. The van der Waals surface area contributed by atoms with Gasteiger partial charge in [-0.1, -0.05) is 17.9 Å². The molecule has 30 heavy (non-hydrogen) atoms. The van der Waals surface area contributed by atoms with Crippen molar-refractivity contribution in [2.24, 2.45) is 0 Å². The Morgan fingerprint density at radius 1 is 1.23 bits per heavy atom. The standard InChI is InChI=1S/C22H19F2N5O/c1-14-5-6-17(12-16(14)8-7-15-4-2-10-26-20(15)25)21(30)27-19-13-18-22(23,24)9-3-11-29(18)28-19/h2,4-6,10,12-13H,3,9,11H2,1H3,(H2,25,26)(H,27,28,30). The first-order valence-electron chi connectivity index (χ1n) is 9.44. The number of hydrogen-bond acceptors (Lipinski definition) is 4. The number of anilines is 2. The predicted octanol–water partition coefficient (Wildman–Crippen LogP) is 3.71. The minimum Gasteiger partial charge on any atom is -0.383 e. The van der Waals surface area contributed by atoms with Crippen LogP contribution in [0.2, 0.25) is 0 Å². The number of benzene rings is 1. The van der Waals surface area contributed by atoms with Gasteiger partial charge in [-0.25, -0.2) is 4.98 Å². The highest BCUT2D eigenvalue weighted by Gasteiger charge is 2.38. The molecule has 0 fully saturated rings. The van der Waals surface area contributed by atoms with Gasteiger partial charge in [-0.15, -0.1) is 0 Å². The first-order valence-corrected chi connectivity index (χ1v) is 9.44. The second kappa shape index (κ2) is 7.59. The number of hydrogen-bond donors (Lipinski definition) is 2. The topological polar surface area (TPSA) is 85.8 Å². The Balaban J connectivity index is 1.57. The van der Waals surface area contributed by atoms with Crippen LogP contribution in [0, 0.1) is 18.8 Å². The van der Waals surface area contributed by atoms with Crippen LogP contribution in [0.1, 0.15) is 45.6 Å². The summed E-state index contributed by atoms with van der Waals surface area (Å²) in [7, 11) is 0. The van der Waals surface area contributed by atoms with Crippen LogP contribution in [0.3, 0.4) is 0 Å². The van der Waals surface area contributed by atoms with Crippen LogP contribution in [0.4, 0.5) is 20.4 Å². The van der Waals surface area contributed by atoms with Crippen LogP contribution in [0.25, 0.3) is 0 Å². The Morgan fingerprint density at radius 2 is 2.03 bits per heavy atom. The van der Waals surface area contributed by atoms with E-state index >= 15 is 0 Å². The number of nitrogens with zero attached hydrogens (tertiary/aromatic N) is 3. The third kappa shape index (κ3) is 3.87. The number of halogens is 2. The maximum Gasteiger partial charge on any atom is 0.289 e. The number of fused-ring (bicyclic) bond motifs is 1. The molecule has 3 heterocycles. The molecule has 1 aliphatic heterocycles. The molecule has 3 aromatic rings. The van der Waals surface area contributed by atoms with Crippen LogP contribution in [-0.4, -0.2) is 20.7 Å². The summed E-state index contributed by atoms with van der Waals surface area (Å²) in [6.07, 6.45) is 1.71. The summed E-state index contributed by atoms with van der Waals surface area (Å²) in [5.74, 6) is 3.02. The summed E-state index contributed by atoms with van der Waals surface area (Å²) in [6, 6.07) is 9.81. The van der Waals surface area contributed by atoms with Crippen LogP contribution in [-0.2, 0) is 12.5 Å². The molecule has 1 aromatic carbocycles. The van der Waals surface area contributed by atoms with E-state index in [2.05, 4.69) is 27.2 Å². The van der Waals surface area contributed by atoms with Crippen molar-refractivity contribution in [2.45, 2.75) is 32.2 Å². The largest absolute Gasteiger partial charge is 0.383 e. The fourth-order valence-corrected chi connectivity index (χ4v) is 3.27. The first-order chi connectivity index (χ1) is 14.3. The highest BCUT2D eigenvalue weighted by molar-refractivity contribution is 6.04. The van der Waals surface area contributed by atoms with Crippen LogP contribution >= 0.6 is 0 Å². The van der Waals surface area contributed by atoms with Gasteiger partial charge in [0.2, 0.25) is 0 Å². The van der Waals surface area contributed by atoms with Gasteiger partial charge in [0.25, 0.3) is 11.8 Å². The third-order valence-corrected chi connectivity index (χ3v) is 4.93. The van der Waals surface area contributed by atoms with Gasteiger partial charge in [0.05, 0.1) is 5.56 Å². The Labute approximate surface area is 172 Å². The summed E-state index contributed by atoms with van der Waals surface area (Å²) in [5, 5.41) is 6.69. The summed E-state index contributed by atoms with van der Waals surface area (Å²) in [5.41, 5.74) is 8.12. The van der Waals surface area contributed by atoms with Crippen LogP contribution < -0.4 is 11.1 Å². The molecule has 3 N–H and O–H groups in total. The maximum atomic E-state index is 14.0. The average molecular weight is 407 g/mol. The van der Waals surface area contributed by atoms with E-state index < -0.39 is 11.8 Å².